The van der Waals surface area contributed by atoms with E-state index < -0.39 is 5.91 Å². The molecule has 0 fully saturated rings. The van der Waals surface area contributed by atoms with Gasteiger partial charge in [0, 0.05) is 16.7 Å². The minimum atomic E-state index is -0.448. The molecule has 0 radical (unpaired) electrons. The molecule has 7 nitrogen and oxygen atoms in total. The Hall–Kier alpha value is -4.10. The smallest absolute Gasteiger partial charge is 0.267 e. The number of aromatic nitrogens is 2. The van der Waals surface area contributed by atoms with Crippen LogP contribution in [0.1, 0.15) is 0 Å². The fourth-order valence-corrected chi connectivity index (χ4v) is 3.28. The molecule has 0 bridgehead atoms. The lowest BCUT2D eigenvalue weighted by atomic mass is 10.1. The Morgan fingerprint density at radius 2 is 1.70 bits per heavy atom. The van der Waals surface area contributed by atoms with Crippen molar-refractivity contribution in [3.8, 4) is 28.5 Å². The molecule has 1 N–H and O–H groups in total. The van der Waals surface area contributed by atoms with Crippen LogP contribution in [-0.2, 0) is 11.3 Å². The third-order valence-electron chi connectivity index (χ3n) is 4.73. The Kier molecular flexibility index (Phi) is 6.71. The molecule has 0 spiro atoms. The second-order valence-corrected chi connectivity index (χ2v) is 7.48. The van der Waals surface area contributed by atoms with Crippen molar-refractivity contribution >= 4 is 23.2 Å². The van der Waals surface area contributed by atoms with Gasteiger partial charge in [0.25, 0.3) is 5.56 Å². The molecule has 166 valence electrons. The van der Waals surface area contributed by atoms with Crippen molar-refractivity contribution in [1.82, 2.24) is 9.78 Å². The zero-order valence-electron chi connectivity index (χ0n) is 17.7. The minimum absolute atomic E-state index is 0.270. The summed E-state index contributed by atoms with van der Waals surface area (Å²) in [4.78, 5) is 25.0. The number of ether oxygens (including phenoxy) is 2. The van der Waals surface area contributed by atoms with Crippen molar-refractivity contribution < 1.29 is 14.3 Å². The number of nitrogens with one attached hydrogen (secondary N) is 1. The average Bonchev–Trinajstić information content (AvgIpc) is 2.83. The molecular weight excluding hydrogens is 442 g/mol. The highest BCUT2D eigenvalue weighted by Gasteiger charge is 2.13. The number of nitrogens with zero attached hydrogens (tertiary/aromatic N) is 2. The van der Waals surface area contributed by atoms with Crippen LogP contribution in [0.5, 0.6) is 17.2 Å². The topological polar surface area (TPSA) is 82.4 Å². The summed E-state index contributed by atoms with van der Waals surface area (Å²) in [5, 5.41) is 7.50. The predicted octanol–water partition coefficient (Wildman–Crippen LogP) is 5.00. The van der Waals surface area contributed by atoms with E-state index >= 15 is 0 Å². The van der Waals surface area contributed by atoms with Gasteiger partial charge in [0.2, 0.25) is 5.91 Å². The van der Waals surface area contributed by atoms with Gasteiger partial charge in [-0.15, -0.1) is 0 Å². The molecule has 0 aliphatic carbocycles. The summed E-state index contributed by atoms with van der Waals surface area (Å²) >= 11 is 6.13. The van der Waals surface area contributed by atoms with Gasteiger partial charge < -0.3 is 14.8 Å². The molecule has 33 heavy (non-hydrogen) atoms. The zero-order chi connectivity index (χ0) is 23.2. The van der Waals surface area contributed by atoms with E-state index in [0.29, 0.717) is 33.7 Å². The molecule has 0 aliphatic rings. The van der Waals surface area contributed by atoms with Crippen molar-refractivity contribution in [2.75, 3.05) is 12.4 Å². The third-order valence-corrected chi connectivity index (χ3v) is 4.97. The molecule has 0 atom stereocenters. The van der Waals surface area contributed by atoms with Gasteiger partial charge in [-0.3, -0.25) is 9.59 Å². The van der Waals surface area contributed by atoms with Crippen LogP contribution in [0.4, 0.5) is 5.69 Å². The molecule has 0 saturated carbocycles. The van der Waals surface area contributed by atoms with Gasteiger partial charge in [-0.05, 0) is 48.5 Å². The number of amides is 1. The van der Waals surface area contributed by atoms with Crippen molar-refractivity contribution in [2.45, 2.75) is 6.54 Å². The average molecular weight is 462 g/mol. The lowest BCUT2D eigenvalue weighted by Gasteiger charge is -2.14. The van der Waals surface area contributed by atoms with Crippen LogP contribution in [0.2, 0.25) is 5.02 Å². The Morgan fingerprint density at radius 1 is 0.970 bits per heavy atom. The van der Waals surface area contributed by atoms with Gasteiger partial charge in [-0.1, -0.05) is 41.9 Å². The Morgan fingerprint density at radius 3 is 2.42 bits per heavy atom. The molecule has 8 heteroatoms. The molecule has 0 aliphatic heterocycles. The van der Waals surface area contributed by atoms with Gasteiger partial charge in [0.1, 0.15) is 18.0 Å². The van der Waals surface area contributed by atoms with E-state index in [4.69, 9.17) is 21.1 Å². The lowest BCUT2D eigenvalue weighted by Crippen LogP contribution is -2.29. The third kappa shape index (κ3) is 5.58. The minimum Gasteiger partial charge on any atom is -0.497 e. The van der Waals surface area contributed by atoms with E-state index in [9.17, 15) is 9.59 Å². The summed E-state index contributed by atoms with van der Waals surface area (Å²) in [6.07, 6.45) is 0. The first kappa shape index (κ1) is 22.1. The van der Waals surface area contributed by atoms with Crippen LogP contribution in [0, 0.1) is 0 Å². The maximum Gasteiger partial charge on any atom is 0.267 e. The highest BCUT2D eigenvalue weighted by Crippen LogP contribution is 2.32. The number of carbonyl (C=O) groups is 1. The Labute approximate surface area is 195 Å². The molecule has 1 heterocycles. The number of benzene rings is 3. The summed E-state index contributed by atoms with van der Waals surface area (Å²) in [6.45, 7) is -0.270. The molecule has 4 rings (SSSR count). The van der Waals surface area contributed by atoms with Crippen molar-refractivity contribution in [2.24, 2.45) is 0 Å². The van der Waals surface area contributed by atoms with Crippen LogP contribution in [0.15, 0.2) is 89.7 Å². The molecule has 0 saturated heterocycles. The molecule has 0 unspecified atom stereocenters. The summed E-state index contributed by atoms with van der Waals surface area (Å²) in [5.41, 5.74) is 1.42. The van der Waals surface area contributed by atoms with Crippen molar-refractivity contribution in [3.05, 3.63) is 100 Å². The number of carbonyl (C=O) groups excluding carboxylic acids is 1. The number of rotatable bonds is 7. The van der Waals surface area contributed by atoms with Gasteiger partial charge >= 0.3 is 0 Å². The molecule has 3 aromatic carbocycles. The predicted molar refractivity (Wildman–Crippen MR) is 127 cm³/mol. The normalized spacial score (nSPS) is 10.5. The monoisotopic (exact) mass is 461 g/mol. The van der Waals surface area contributed by atoms with Crippen molar-refractivity contribution in [1.29, 1.82) is 0 Å². The fourth-order valence-electron chi connectivity index (χ4n) is 3.11. The molecular formula is C25H20ClN3O4. The van der Waals surface area contributed by atoms with E-state index in [2.05, 4.69) is 10.4 Å². The summed E-state index contributed by atoms with van der Waals surface area (Å²) in [7, 11) is 1.58. The number of hydrogen-bond donors (Lipinski definition) is 1. The maximum absolute atomic E-state index is 12.8. The largest absolute Gasteiger partial charge is 0.497 e. The number of hydrogen-bond acceptors (Lipinski definition) is 5. The lowest BCUT2D eigenvalue weighted by molar-refractivity contribution is -0.117. The first-order valence-electron chi connectivity index (χ1n) is 10.1. The first-order chi connectivity index (χ1) is 16.0. The number of halogens is 1. The second-order valence-electron chi connectivity index (χ2n) is 7.05. The highest BCUT2D eigenvalue weighted by molar-refractivity contribution is 6.31. The molecule has 1 amide bonds. The van der Waals surface area contributed by atoms with Gasteiger partial charge in [-0.25, -0.2) is 4.68 Å². The summed E-state index contributed by atoms with van der Waals surface area (Å²) in [5.74, 6) is 1.21. The number of anilines is 1. The van der Waals surface area contributed by atoms with Gasteiger partial charge in [0.15, 0.2) is 5.75 Å². The summed E-state index contributed by atoms with van der Waals surface area (Å²) in [6, 6.07) is 24.3. The van der Waals surface area contributed by atoms with E-state index in [1.165, 1.54) is 6.07 Å². The van der Waals surface area contributed by atoms with Crippen LogP contribution < -0.4 is 20.3 Å². The molecule has 4 aromatic rings. The zero-order valence-corrected chi connectivity index (χ0v) is 18.5. The van der Waals surface area contributed by atoms with E-state index in [-0.39, 0.29) is 12.1 Å². The van der Waals surface area contributed by atoms with Crippen molar-refractivity contribution in [3.63, 3.8) is 0 Å². The SMILES string of the molecule is COc1ccc(Oc2ccc(Cl)cc2NC(=O)Cn2nc(-c3ccccc3)ccc2=O)cc1. The Bertz CT molecular complexity index is 1320. The van der Waals surface area contributed by atoms with Crippen LogP contribution in [0.25, 0.3) is 11.3 Å². The number of methoxy groups -OCH3 is 1. The van der Waals surface area contributed by atoms with Crippen LogP contribution >= 0.6 is 11.6 Å². The quantitative estimate of drug-likeness (QED) is 0.418. The summed E-state index contributed by atoms with van der Waals surface area (Å²) < 4.78 is 12.2. The van der Waals surface area contributed by atoms with Crippen LogP contribution in [-0.4, -0.2) is 22.8 Å². The van der Waals surface area contributed by atoms with E-state index in [1.54, 1.807) is 55.6 Å². The standard InChI is InChI=1S/C25H20ClN3O4/c1-32-19-8-10-20(11-9-19)33-23-13-7-18(26)15-22(23)27-24(30)16-29-25(31)14-12-21(28-29)17-5-3-2-4-6-17/h2-15H,16H2,1H3,(H,27,30). The fraction of sp³-hybridized carbons (Fsp3) is 0.0800. The van der Waals surface area contributed by atoms with Gasteiger partial charge in [0.05, 0.1) is 18.5 Å². The van der Waals surface area contributed by atoms with E-state index in [0.717, 1.165) is 10.2 Å². The Balaban J connectivity index is 1.53. The maximum atomic E-state index is 12.8. The van der Waals surface area contributed by atoms with E-state index in [1.807, 2.05) is 30.3 Å². The molecule has 1 aromatic heterocycles. The highest BCUT2D eigenvalue weighted by atomic mass is 35.5. The first-order valence-corrected chi connectivity index (χ1v) is 10.4. The van der Waals surface area contributed by atoms with Crippen LogP contribution in [0.3, 0.4) is 0 Å². The second kappa shape index (κ2) is 10.0. The van der Waals surface area contributed by atoms with Gasteiger partial charge in [-0.2, -0.15) is 5.10 Å².